The van der Waals surface area contributed by atoms with Crippen LogP contribution in [0.2, 0.25) is 0 Å². The fraction of sp³-hybridized carbons (Fsp3) is 0.412. The predicted octanol–water partition coefficient (Wildman–Crippen LogP) is 1.24. The van der Waals surface area contributed by atoms with Gasteiger partial charge < -0.3 is 10.0 Å². The molecule has 1 N–H and O–H groups in total. The summed E-state index contributed by atoms with van der Waals surface area (Å²) < 4.78 is 0. The first-order valence-electron chi connectivity index (χ1n) is 7.83. The van der Waals surface area contributed by atoms with Gasteiger partial charge >= 0.3 is 5.97 Å². The number of carbonyl (C=O) groups is 4. The zero-order valence-electron chi connectivity index (χ0n) is 13.5. The second-order valence-corrected chi connectivity index (χ2v) is 6.26. The highest BCUT2D eigenvalue weighted by atomic mass is 16.4. The van der Waals surface area contributed by atoms with Crippen LogP contribution in [0, 0.1) is 5.92 Å². The van der Waals surface area contributed by atoms with Crippen LogP contribution in [0.5, 0.6) is 0 Å². The molecule has 0 radical (unpaired) electrons. The van der Waals surface area contributed by atoms with E-state index < -0.39 is 23.8 Å². The molecule has 1 fully saturated rings. The lowest BCUT2D eigenvalue weighted by molar-refractivity contribution is -0.144. The van der Waals surface area contributed by atoms with Crippen molar-refractivity contribution < 1.29 is 24.3 Å². The summed E-state index contributed by atoms with van der Waals surface area (Å²) in [6.07, 6.45) is 1.17. The van der Waals surface area contributed by atoms with Gasteiger partial charge in [-0.1, -0.05) is 0 Å². The summed E-state index contributed by atoms with van der Waals surface area (Å²) in [4.78, 5) is 50.6. The van der Waals surface area contributed by atoms with Crippen LogP contribution in [0.15, 0.2) is 18.2 Å². The van der Waals surface area contributed by atoms with Crippen LogP contribution >= 0.6 is 0 Å². The van der Waals surface area contributed by atoms with Crippen LogP contribution in [-0.2, 0) is 4.79 Å². The lowest BCUT2D eigenvalue weighted by atomic mass is 9.89. The highest BCUT2D eigenvalue weighted by Crippen LogP contribution is 2.27. The van der Waals surface area contributed by atoms with E-state index in [-0.39, 0.29) is 22.9 Å². The molecule has 1 aromatic rings. The number of carbonyl (C=O) groups excluding carboxylic acids is 3. The summed E-state index contributed by atoms with van der Waals surface area (Å²) in [5.41, 5.74) is 0.796. The molecule has 0 unspecified atom stereocenters. The van der Waals surface area contributed by atoms with Crippen LogP contribution in [0.3, 0.4) is 0 Å². The Morgan fingerprint density at radius 1 is 1.17 bits per heavy atom. The minimum Gasteiger partial charge on any atom is -0.481 e. The van der Waals surface area contributed by atoms with E-state index in [0.29, 0.717) is 24.9 Å². The zero-order valence-corrected chi connectivity index (χ0v) is 13.5. The number of imide groups is 1. The van der Waals surface area contributed by atoms with E-state index in [1.165, 1.54) is 30.1 Å². The van der Waals surface area contributed by atoms with Crippen molar-refractivity contribution in [2.24, 2.45) is 5.92 Å². The van der Waals surface area contributed by atoms with Gasteiger partial charge in [-0.3, -0.25) is 24.1 Å². The molecule has 3 amide bonds. The second-order valence-electron chi connectivity index (χ2n) is 6.26. The van der Waals surface area contributed by atoms with E-state index in [0.717, 1.165) is 4.90 Å². The summed E-state index contributed by atoms with van der Waals surface area (Å²) in [5.74, 6) is -2.63. The van der Waals surface area contributed by atoms with Crippen molar-refractivity contribution in [2.75, 3.05) is 13.6 Å². The fourth-order valence-electron chi connectivity index (χ4n) is 3.42. The average Bonchev–Trinajstić information content (AvgIpc) is 2.78. The van der Waals surface area contributed by atoms with Crippen molar-refractivity contribution in [3.8, 4) is 0 Å². The van der Waals surface area contributed by atoms with Crippen molar-refractivity contribution in [3.05, 3.63) is 34.9 Å². The maximum atomic E-state index is 12.8. The number of aliphatic carboxylic acids is 1. The van der Waals surface area contributed by atoms with Crippen LogP contribution in [0.1, 0.15) is 50.8 Å². The van der Waals surface area contributed by atoms with Gasteiger partial charge in [0.15, 0.2) is 0 Å². The topological polar surface area (TPSA) is 95.0 Å². The number of benzene rings is 1. The van der Waals surface area contributed by atoms with Gasteiger partial charge in [0.25, 0.3) is 17.7 Å². The van der Waals surface area contributed by atoms with Gasteiger partial charge in [0.2, 0.25) is 0 Å². The SMILES string of the molecule is C[C@@H]1[C@H](C(=O)O)CCCN1C(=O)c1ccc2c(c1)C(=O)N(C)C2=O. The molecule has 0 saturated carbocycles. The lowest BCUT2D eigenvalue weighted by Gasteiger charge is -2.37. The molecule has 2 atom stereocenters. The Morgan fingerprint density at radius 3 is 2.50 bits per heavy atom. The molecular formula is C17H18N2O5. The largest absolute Gasteiger partial charge is 0.481 e. The Bertz CT molecular complexity index is 757. The molecular weight excluding hydrogens is 312 g/mol. The van der Waals surface area contributed by atoms with Crippen LogP contribution in [-0.4, -0.2) is 58.2 Å². The molecule has 2 heterocycles. The van der Waals surface area contributed by atoms with Gasteiger partial charge in [0.1, 0.15) is 0 Å². The van der Waals surface area contributed by atoms with E-state index in [9.17, 15) is 24.3 Å². The monoisotopic (exact) mass is 330 g/mol. The van der Waals surface area contributed by atoms with Crippen molar-refractivity contribution >= 4 is 23.7 Å². The van der Waals surface area contributed by atoms with Gasteiger partial charge in [0, 0.05) is 25.2 Å². The second kappa shape index (κ2) is 5.74. The highest BCUT2D eigenvalue weighted by molar-refractivity contribution is 6.21. The van der Waals surface area contributed by atoms with E-state index in [1.807, 2.05) is 0 Å². The number of hydrogen-bond donors (Lipinski definition) is 1. The summed E-state index contributed by atoms with van der Waals surface area (Å²) >= 11 is 0. The first-order valence-corrected chi connectivity index (χ1v) is 7.83. The third-order valence-corrected chi connectivity index (χ3v) is 4.90. The number of likely N-dealkylation sites (tertiary alicyclic amines) is 1. The van der Waals surface area contributed by atoms with Crippen molar-refractivity contribution in [1.29, 1.82) is 0 Å². The van der Waals surface area contributed by atoms with Crippen molar-refractivity contribution in [2.45, 2.75) is 25.8 Å². The van der Waals surface area contributed by atoms with E-state index in [2.05, 4.69) is 0 Å². The van der Waals surface area contributed by atoms with Crippen molar-refractivity contribution in [1.82, 2.24) is 9.80 Å². The number of carboxylic acids is 1. The van der Waals surface area contributed by atoms with Crippen molar-refractivity contribution in [3.63, 3.8) is 0 Å². The normalized spacial score (nSPS) is 23.4. The molecule has 126 valence electrons. The van der Waals surface area contributed by atoms with Crippen LogP contribution < -0.4 is 0 Å². The Labute approximate surface area is 138 Å². The van der Waals surface area contributed by atoms with Gasteiger partial charge in [-0.2, -0.15) is 0 Å². The zero-order chi connectivity index (χ0) is 17.6. The number of hydrogen-bond acceptors (Lipinski definition) is 4. The summed E-state index contributed by atoms with van der Waals surface area (Å²) in [6, 6.07) is 4.01. The Kier molecular flexibility index (Phi) is 3.87. The summed E-state index contributed by atoms with van der Waals surface area (Å²) in [6.45, 7) is 2.21. The average molecular weight is 330 g/mol. The number of nitrogens with zero attached hydrogens (tertiary/aromatic N) is 2. The first-order chi connectivity index (χ1) is 11.3. The number of piperidine rings is 1. The molecule has 2 aliphatic rings. The molecule has 7 heteroatoms. The fourth-order valence-corrected chi connectivity index (χ4v) is 3.42. The Hall–Kier alpha value is -2.70. The molecule has 24 heavy (non-hydrogen) atoms. The van der Waals surface area contributed by atoms with Crippen LogP contribution in [0.4, 0.5) is 0 Å². The maximum absolute atomic E-state index is 12.8. The molecule has 2 aliphatic heterocycles. The van der Waals surface area contributed by atoms with E-state index in [1.54, 1.807) is 6.92 Å². The third kappa shape index (κ3) is 2.36. The quantitative estimate of drug-likeness (QED) is 0.823. The van der Waals surface area contributed by atoms with E-state index >= 15 is 0 Å². The number of carboxylic acid groups (broad SMARTS) is 1. The first kappa shape index (κ1) is 16.2. The Balaban J connectivity index is 1.90. The molecule has 3 rings (SSSR count). The number of rotatable bonds is 2. The van der Waals surface area contributed by atoms with E-state index in [4.69, 9.17) is 0 Å². The predicted molar refractivity (Wildman–Crippen MR) is 83.7 cm³/mol. The minimum atomic E-state index is -0.906. The highest BCUT2D eigenvalue weighted by Gasteiger charge is 2.37. The summed E-state index contributed by atoms with van der Waals surface area (Å²) in [5, 5.41) is 9.27. The lowest BCUT2D eigenvalue weighted by Crippen LogP contribution is -2.49. The van der Waals surface area contributed by atoms with Gasteiger partial charge in [-0.15, -0.1) is 0 Å². The molecule has 1 saturated heterocycles. The molecule has 0 aliphatic carbocycles. The molecule has 0 spiro atoms. The minimum absolute atomic E-state index is 0.216. The molecule has 0 bridgehead atoms. The molecule has 1 aromatic carbocycles. The Morgan fingerprint density at radius 2 is 1.83 bits per heavy atom. The third-order valence-electron chi connectivity index (χ3n) is 4.90. The van der Waals surface area contributed by atoms with Gasteiger partial charge in [-0.05, 0) is 38.0 Å². The molecule has 7 nitrogen and oxygen atoms in total. The molecule has 0 aromatic heterocycles. The van der Waals surface area contributed by atoms with Gasteiger partial charge in [0.05, 0.1) is 17.0 Å². The van der Waals surface area contributed by atoms with Crippen LogP contribution in [0.25, 0.3) is 0 Å². The smallest absolute Gasteiger partial charge is 0.308 e. The summed E-state index contributed by atoms with van der Waals surface area (Å²) in [7, 11) is 1.40. The number of fused-ring (bicyclic) bond motifs is 1. The number of amides is 3. The standard InChI is InChI=1S/C17H18N2O5/c1-9-11(17(23)24)4-3-7-19(9)14(20)10-5-6-12-13(8-10)16(22)18(2)15(12)21/h5-6,8-9,11H,3-4,7H2,1-2H3,(H,23,24)/t9-,11-/m1/s1. The van der Waals surface area contributed by atoms with Gasteiger partial charge in [-0.25, -0.2) is 0 Å². The maximum Gasteiger partial charge on any atom is 0.308 e.